The van der Waals surface area contributed by atoms with Gasteiger partial charge in [-0.15, -0.1) is 0 Å². The third kappa shape index (κ3) is 5.32. The zero-order valence-corrected chi connectivity index (χ0v) is 13.0. The largest absolute Gasteiger partial charge is 0.388 e. The van der Waals surface area contributed by atoms with Gasteiger partial charge in [-0.2, -0.15) is 0 Å². The maximum atomic E-state index is 10.0. The van der Waals surface area contributed by atoms with Crippen LogP contribution in [0.1, 0.15) is 65.2 Å². The predicted octanol–water partition coefficient (Wildman–Crippen LogP) is 2.24. The van der Waals surface area contributed by atoms with E-state index in [1.807, 2.05) is 0 Å². The molecule has 0 aromatic rings. The van der Waals surface area contributed by atoms with Crippen LogP contribution in [-0.2, 0) is 4.74 Å². The lowest BCUT2D eigenvalue weighted by atomic mass is 9.85. The molecule has 1 rings (SSSR count). The first-order valence-electron chi connectivity index (χ1n) is 8.27. The van der Waals surface area contributed by atoms with Crippen molar-refractivity contribution in [3.8, 4) is 0 Å². The zero-order chi connectivity index (χ0) is 15.0. The van der Waals surface area contributed by atoms with Crippen LogP contribution in [0.25, 0.3) is 0 Å². The van der Waals surface area contributed by atoms with Gasteiger partial charge in [0, 0.05) is 0 Å². The maximum Gasteiger partial charge on any atom is 0.111 e. The summed E-state index contributed by atoms with van der Waals surface area (Å²) in [5, 5.41) is 29.3. The molecule has 1 unspecified atom stereocenters. The number of aliphatic hydroxyl groups excluding tert-OH is 3. The van der Waals surface area contributed by atoms with Crippen molar-refractivity contribution >= 4 is 0 Å². The van der Waals surface area contributed by atoms with Crippen LogP contribution in [-0.4, -0.2) is 46.3 Å². The lowest BCUT2D eigenvalue weighted by Crippen LogP contribution is -2.55. The molecule has 20 heavy (non-hydrogen) atoms. The molecule has 1 aliphatic heterocycles. The highest BCUT2D eigenvalue weighted by molar-refractivity contribution is 4.89. The quantitative estimate of drug-likeness (QED) is 0.569. The number of hydrogen-bond donors (Lipinski definition) is 3. The van der Waals surface area contributed by atoms with E-state index in [4.69, 9.17) is 4.74 Å². The van der Waals surface area contributed by atoms with E-state index < -0.39 is 18.3 Å². The van der Waals surface area contributed by atoms with Crippen molar-refractivity contribution in [2.75, 3.05) is 6.61 Å². The summed E-state index contributed by atoms with van der Waals surface area (Å²) in [5.74, 6) is 0.262. The van der Waals surface area contributed by atoms with Crippen LogP contribution in [0.3, 0.4) is 0 Å². The van der Waals surface area contributed by atoms with Gasteiger partial charge >= 0.3 is 0 Å². The molecule has 1 fully saturated rings. The van der Waals surface area contributed by atoms with Crippen LogP contribution in [0.5, 0.6) is 0 Å². The minimum absolute atomic E-state index is 0.121. The van der Waals surface area contributed by atoms with E-state index in [1.165, 1.54) is 32.1 Å². The fraction of sp³-hybridized carbons (Fsp3) is 1.00. The summed E-state index contributed by atoms with van der Waals surface area (Å²) in [6.45, 7) is 4.43. The molecular weight excluding hydrogens is 256 g/mol. The minimum Gasteiger partial charge on any atom is -0.388 e. The standard InChI is InChI=1S/C16H32O4/c1-3-5-6-7-8-9-10-12(4-2)16-15(19)14(18)13(17)11-20-16/h12-19H,3-11H2,1-2H3/t12?,13-,14+,15-,16+/m1/s1. The van der Waals surface area contributed by atoms with Crippen LogP contribution in [0.15, 0.2) is 0 Å². The molecule has 4 heteroatoms. The highest BCUT2D eigenvalue weighted by atomic mass is 16.5. The molecule has 0 spiro atoms. The van der Waals surface area contributed by atoms with Gasteiger partial charge in [0.25, 0.3) is 0 Å². The fourth-order valence-electron chi connectivity index (χ4n) is 3.03. The molecule has 1 aliphatic rings. The summed E-state index contributed by atoms with van der Waals surface area (Å²) in [4.78, 5) is 0. The van der Waals surface area contributed by atoms with Crippen molar-refractivity contribution in [2.24, 2.45) is 5.92 Å². The average Bonchev–Trinajstić information content (AvgIpc) is 2.45. The topological polar surface area (TPSA) is 69.9 Å². The van der Waals surface area contributed by atoms with E-state index in [9.17, 15) is 15.3 Å². The van der Waals surface area contributed by atoms with E-state index in [1.54, 1.807) is 0 Å². The van der Waals surface area contributed by atoms with Crippen molar-refractivity contribution in [3.05, 3.63) is 0 Å². The molecule has 3 N–H and O–H groups in total. The fourth-order valence-corrected chi connectivity index (χ4v) is 3.03. The van der Waals surface area contributed by atoms with Crippen molar-refractivity contribution in [3.63, 3.8) is 0 Å². The molecule has 0 amide bonds. The third-order valence-corrected chi connectivity index (χ3v) is 4.46. The van der Waals surface area contributed by atoms with Crippen LogP contribution in [0, 0.1) is 5.92 Å². The summed E-state index contributed by atoms with van der Waals surface area (Å²) in [5.41, 5.74) is 0. The first-order chi connectivity index (χ1) is 9.61. The van der Waals surface area contributed by atoms with Crippen LogP contribution >= 0.6 is 0 Å². The predicted molar refractivity (Wildman–Crippen MR) is 79.5 cm³/mol. The zero-order valence-electron chi connectivity index (χ0n) is 13.0. The normalized spacial score (nSPS) is 32.2. The van der Waals surface area contributed by atoms with Gasteiger partial charge in [0.2, 0.25) is 0 Å². The van der Waals surface area contributed by atoms with E-state index in [-0.39, 0.29) is 18.6 Å². The molecule has 1 saturated heterocycles. The van der Waals surface area contributed by atoms with Crippen molar-refractivity contribution < 1.29 is 20.1 Å². The maximum absolute atomic E-state index is 10.0. The second kappa shape index (κ2) is 9.72. The number of unbranched alkanes of at least 4 members (excludes halogenated alkanes) is 5. The van der Waals surface area contributed by atoms with Crippen LogP contribution in [0.2, 0.25) is 0 Å². The Kier molecular flexibility index (Phi) is 8.69. The molecule has 0 bridgehead atoms. The second-order valence-electron chi connectivity index (χ2n) is 6.07. The molecule has 1 heterocycles. The highest BCUT2D eigenvalue weighted by Crippen LogP contribution is 2.28. The Morgan fingerprint density at radius 3 is 2.25 bits per heavy atom. The Balaban J connectivity index is 2.30. The minimum atomic E-state index is -1.08. The van der Waals surface area contributed by atoms with Crippen molar-refractivity contribution in [2.45, 2.75) is 89.6 Å². The lowest BCUT2D eigenvalue weighted by Gasteiger charge is -2.39. The van der Waals surface area contributed by atoms with E-state index in [0.717, 1.165) is 19.3 Å². The summed E-state index contributed by atoms with van der Waals surface area (Å²) in [6.07, 6.45) is 6.13. The summed E-state index contributed by atoms with van der Waals surface area (Å²) in [7, 11) is 0. The van der Waals surface area contributed by atoms with Gasteiger partial charge in [-0.1, -0.05) is 58.8 Å². The first kappa shape index (κ1) is 17.9. The molecule has 0 aromatic carbocycles. The van der Waals surface area contributed by atoms with E-state index in [2.05, 4.69) is 13.8 Å². The second-order valence-corrected chi connectivity index (χ2v) is 6.07. The Morgan fingerprint density at radius 2 is 1.60 bits per heavy atom. The van der Waals surface area contributed by atoms with E-state index in [0.29, 0.717) is 0 Å². The molecule has 0 radical (unpaired) electrons. The van der Waals surface area contributed by atoms with Gasteiger partial charge in [-0.05, 0) is 12.3 Å². The summed E-state index contributed by atoms with van der Waals surface area (Å²) in [6, 6.07) is 0. The van der Waals surface area contributed by atoms with Gasteiger partial charge in [0.1, 0.15) is 18.3 Å². The first-order valence-corrected chi connectivity index (χ1v) is 8.27. The lowest BCUT2D eigenvalue weighted by molar-refractivity contribution is -0.201. The third-order valence-electron chi connectivity index (χ3n) is 4.46. The van der Waals surface area contributed by atoms with Crippen molar-refractivity contribution in [1.82, 2.24) is 0 Å². The van der Waals surface area contributed by atoms with Gasteiger partial charge in [-0.25, -0.2) is 0 Å². The van der Waals surface area contributed by atoms with E-state index >= 15 is 0 Å². The van der Waals surface area contributed by atoms with Gasteiger partial charge in [0.15, 0.2) is 0 Å². The Bertz CT molecular complexity index is 247. The smallest absolute Gasteiger partial charge is 0.111 e. The molecule has 4 nitrogen and oxygen atoms in total. The number of aliphatic hydroxyl groups is 3. The number of ether oxygens (including phenoxy) is 1. The number of rotatable bonds is 9. The Labute approximate surface area is 123 Å². The number of hydrogen-bond acceptors (Lipinski definition) is 4. The molecular formula is C16H32O4. The Morgan fingerprint density at radius 1 is 0.950 bits per heavy atom. The molecule has 0 aromatic heterocycles. The molecule has 5 atom stereocenters. The summed E-state index contributed by atoms with van der Waals surface area (Å²) >= 11 is 0. The molecule has 0 aliphatic carbocycles. The van der Waals surface area contributed by atoms with Gasteiger partial charge in [-0.3, -0.25) is 0 Å². The monoisotopic (exact) mass is 288 g/mol. The SMILES string of the molecule is CCCCCCCCC(CC)[C@@H]1OC[C@@H](O)[C@H](O)[C@H]1O. The summed E-state index contributed by atoms with van der Waals surface area (Å²) < 4.78 is 5.56. The van der Waals surface area contributed by atoms with Crippen LogP contribution in [0.4, 0.5) is 0 Å². The average molecular weight is 288 g/mol. The van der Waals surface area contributed by atoms with Gasteiger partial charge < -0.3 is 20.1 Å². The van der Waals surface area contributed by atoms with Crippen LogP contribution < -0.4 is 0 Å². The molecule has 120 valence electrons. The molecule has 0 saturated carbocycles. The van der Waals surface area contributed by atoms with Gasteiger partial charge in [0.05, 0.1) is 12.7 Å². The van der Waals surface area contributed by atoms with Crippen molar-refractivity contribution in [1.29, 1.82) is 0 Å². The highest BCUT2D eigenvalue weighted by Gasteiger charge is 2.40. The Hall–Kier alpha value is -0.160.